The van der Waals surface area contributed by atoms with Gasteiger partial charge in [0.1, 0.15) is 17.9 Å². The molecule has 2 aliphatic heterocycles. The number of likely N-dealkylation sites (tertiary alicyclic amines) is 1. The van der Waals surface area contributed by atoms with Crippen LogP contribution in [0.4, 0.5) is 5.69 Å². The van der Waals surface area contributed by atoms with Gasteiger partial charge in [-0.1, -0.05) is 48.5 Å². The number of amides is 2. The van der Waals surface area contributed by atoms with Crippen LogP contribution in [0, 0.1) is 0 Å². The number of fused-ring (bicyclic) bond motifs is 3. The van der Waals surface area contributed by atoms with Crippen LogP contribution in [-0.4, -0.2) is 40.4 Å². The van der Waals surface area contributed by atoms with E-state index in [2.05, 4.69) is 4.98 Å². The second-order valence-electron chi connectivity index (χ2n) is 7.91. The summed E-state index contributed by atoms with van der Waals surface area (Å²) in [5.41, 5.74) is 2.43. The summed E-state index contributed by atoms with van der Waals surface area (Å²) in [6, 6.07) is 22.3. The Hall–Kier alpha value is -3.67. The van der Waals surface area contributed by atoms with Gasteiger partial charge in [0.2, 0.25) is 11.8 Å². The molecule has 2 aromatic carbocycles. The number of nitrogens with zero attached hydrogens (tertiary/aromatic N) is 3. The zero-order valence-corrected chi connectivity index (χ0v) is 17.1. The molecule has 31 heavy (non-hydrogen) atoms. The van der Waals surface area contributed by atoms with E-state index < -0.39 is 6.04 Å². The van der Waals surface area contributed by atoms with E-state index in [0.717, 1.165) is 11.3 Å². The number of para-hydroxylation sites is 2. The van der Waals surface area contributed by atoms with Gasteiger partial charge in [-0.25, -0.2) is 0 Å². The Bertz CT molecular complexity index is 1090. The molecule has 1 fully saturated rings. The zero-order valence-electron chi connectivity index (χ0n) is 17.1. The lowest BCUT2D eigenvalue weighted by Gasteiger charge is -2.31. The van der Waals surface area contributed by atoms with Crippen LogP contribution in [0.5, 0.6) is 5.75 Å². The average molecular weight is 413 g/mol. The molecule has 0 spiro atoms. The Morgan fingerprint density at radius 2 is 1.77 bits per heavy atom. The van der Waals surface area contributed by atoms with Crippen LogP contribution in [0.1, 0.15) is 17.7 Å². The van der Waals surface area contributed by atoms with Gasteiger partial charge in [-0.15, -0.1) is 0 Å². The second kappa shape index (κ2) is 8.22. The summed E-state index contributed by atoms with van der Waals surface area (Å²) >= 11 is 0. The highest BCUT2D eigenvalue weighted by atomic mass is 16.5. The van der Waals surface area contributed by atoms with Gasteiger partial charge >= 0.3 is 0 Å². The number of pyridine rings is 1. The van der Waals surface area contributed by atoms with Gasteiger partial charge in [0.05, 0.1) is 30.9 Å². The molecule has 2 atom stereocenters. The highest BCUT2D eigenvalue weighted by molar-refractivity contribution is 6.01. The third-order valence-corrected chi connectivity index (χ3v) is 5.83. The second-order valence-corrected chi connectivity index (χ2v) is 7.91. The fraction of sp³-hybridized carbons (Fsp3) is 0.240. The molecule has 1 aromatic heterocycles. The fourth-order valence-electron chi connectivity index (χ4n) is 4.34. The molecule has 2 amide bonds. The van der Waals surface area contributed by atoms with Gasteiger partial charge in [0, 0.05) is 12.6 Å². The lowest BCUT2D eigenvalue weighted by Crippen LogP contribution is -2.48. The number of rotatable bonds is 4. The Labute approximate surface area is 181 Å². The molecule has 0 aliphatic carbocycles. The SMILES string of the molecule is O=C1C2CC(CN2C(=O)Cc2ccccc2)Oc2ccccc2N1Cc1ccccn1. The molecule has 1 saturated heterocycles. The van der Waals surface area contributed by atoms with Crippen molar-refractivity contribution in [2.75, 3.05) is 11.4 Å². The maximum atomic E-state index is 13.7. The average Bonchev–Trinajstić information content (AvgIpc) is 3.23. The van der Waals surface area contributed by atoms with Gasteiger partial charge in [-0.2, -0.15) is 0 Å². The number of hydrogen-bond acceptors (Lipinski definition) is 4. The summed E-state index contributed by atoms with van der Waals surface area (Å²) in [5.74, 6) is 0.511. The summed E-state index contributed by atoms with van der Waals surface area (Å²) < 4.78 is 6.27. The van der Waals surface area contributed by atoms with Gasteiger partial charge in [0.15, 0.2) is 0 Å². The minimum atomic E-state index is -0.543. The van der Waals surface area contributed by atoms with Crippen LogP contribution in [0.25, 0.3) is 0 Å². The van der Waals surface area contributed by atoms with Gasteiger partial charge in [0.25, 0.3) is 0 Å². The quantitative estimate of drug-likeness (QED) is 0.659. The van der Waals surface area contributed by atoms with E-state index in [-0.39, 0.29) is 24.3 Å². The molecular formula is C25H23N3O3. The highest BCUT2D eigenvalue weighted by Gasteiger charge is 2.44. The molecule has 0 N–H and O–H groups in total. The first kappa shape index (κ1) is 19.3. The zero-order chi connectivity index (χ0) is 21.2. The highest BCUT2D eigenvalue weighted by Crippen LogP contribution is 2.37. The Kier molecular flexibility index (Phi) is 5.12. The summed E-state index contributed by atoms with van der Waals surface area (Å²) in [5, 5.41) is 0. The van der Waals surface area contributed by atoms with E-state index >= 15 is 0 Å². The first-order valence-electron chi connectivity index (χ1n) is 10.5. The third-order valence-electron chi connectivity index (χ3n) is 5.83. The lowest BCUT2D eigenvalue weighted by molar-refractivity contribution is -0.137. The molecule has 156 valence electrons. The van der Waals surface area contributed by atoms with Crippen molar-refractivity contribution in [1.82, 2.24) is 9.88 Å². The maximum Gasteiger partial charge on any atom is 0.250 e. The van der Waals surface area contributed by atoms with E-state index in [1.54, 1.807) is 16.0 Å². The normalized spacial score (nSPS) is 19.9. The summed E-state index contributed by atoms with van der Waals surface area (Å²) in [4.78, 5) is 34.7. The van der Waals surface area contributed by atoms with Crippen LogP contribution < -0.4 is 9.64 Å². The maximum absolute atomic E-state index is 13.7. The standard InChI is InChI=1S/C25H23N3O3/c29-24(14-18-8-2-1-3-9-18)27-17-20-15-22(27)25(30)28(16-19-10-6-7-13-26-19)21-11-4-5-12-23(21)31-20/h1-13,20,22H,14-17H2. The molecule has 0 radical (unpaired) electrons. The molecule has 3 heterocycles. The molecule has 6 nitrogen and oxygen atoms in total. The Morgan fingerprint density at radius 3 is 2.58 bits per heavy atom. The monoisotopic (exact) mass is 413 g/mol. The molecule has 3 aromatic rings. The molecule has 5 rings (SSSR count). The Balaban J connectivity index is 1.47. The van der Waals surface area contributed by atoms with E-state index in [1.807, 2.05) is 72.8 Å². The minimum Gasteiger partial charge on any atom is -0.486 e. The van der Waals surface area contributed by atoms with E-state index in [0.29, 0.717) is 30.9 Å². The number of carbonyl (C=O) groups excluding carboxylic acids is 2. The Morgan fingerprint density at radius 1 is 1.00 bits per heavy atom. The number of hydrogen-bond donors (Lipinski definition) is 0. The van der Waals surface area contributed by atoms with E-state index in [9.17, 15) is 9.59 Å². The number of carbonyl (C=O) groups is 2. The van der Waals surface area contributed by atoms with E-state index in [1.165, 1.54) is 0 Å². The van der Waals surface area contributed by atoms with Crippen LogP contribution >= 0.6 is 0 Å². The van der Waals surface area contributed by atoms with E-state index in [4.69, 9.17) is 4.74 Å². The number of aromatic nitrogens is 1. The summed E-state index contributed by atoms with van der Waals surface area (Å²) in [6.07, 6.45) is 2.27. The smallest absolute Gasteiger partial charge is 0.250 e. The molecule has 6 heteroatoms. The largest absolute Gasteiger partial charge is 0.486 e. The van der Waals surface area contributed by atoms with Crippen molar-refractivity contribution in [2.45, 2.75) is 31.5 Å². The molecule has 0 saturated carbocycles. The van der Waals surface area contributed by atoms with Gasteiger partial charge in [-0.3, -0.25) is 14.6 Å². The van der Waals surface area contributed by atoms with Crippen LogP contribution in [0.15, 0.2) is 79.0 Å². The van der Waals surface area contributed by atoms with Crippen molar-refractivity contribution < 1.29 is 14.3 Å². The van der Waals surface area contributed by atoms with Gasteiger partial charge < -0.3 is 14.5 Å². The molecule has 2 aliphatic rings. The van der Waals surface area contributed by atoms with Crippen molar-refractivity contribution in [3.8, 4) is 5.75 Å². The minimum absolute atomic E-state index is 0.0561. The third kappa shape index (κ3) is 3.89. The number of ether oxygens (including phenoxy) is 1. The lowest BCUT2D eigenvalue weighted by atomic mass is 10.1. The van der Waals surface area contributed by atoms with Crippen LogP contribution in [0.2, 0.25) is 0 Å². The van der Waals surface area contributed by atoms with Crippen molar-refractivity contribution >= 4 is 17.5 Å². The number of benzene rings is 2. The summed E-state index contributed by atoms with van der Waals surface area (Å²) in [6.45, 7) is 0.732. The number of anilines is 1. The summed E-state index contributed by atoms with van der Waals surface area (Å²) in [7, 11) is 0. The predicted octanol–water partition coefficient (Wildman–Crippen LogP) is 3.22. The van der Waals surface area contributed by atoms with Crippen LogP contribution in [0.3, 0.4) is 0 Å². The predicted molar refractivity (Wildman–Crippen MR) is 117 cm³/mol. The molecule has 2 unspecified atom stereocenters. The van der Waals surface area contributed by atoms with Crippen molar-refractivity contribution in [3.05, 3.63) is 90.3 Å². The first-order valence-corrected chi connectivity index (χ1v) is 10.5. The molecule has 2 bridgehead atoms. The first-order chi connectivity index (χ1) is 15.2. The topological polar surface area (TPSA) is 62.7 Å². The van der Waals surface area contributed by atoms with Crippen LogP contribution in [-0.2, 0) is 22.6 Å². The molecular weight excluding hydrogens is 390 g/mol. The van der Waals surface area contributed by atoms with Gasteiger partial charge in [-0.05, 0) is 29.8 Å². The fourth-order valence-corrected chi connectivity index (χ4v) is 4.34. The van der Waals surface area contributed by atoms with Crippen molar-refractivity contribution in [2.24, 2.45) is 0 Å². The van der Waals surface area contributed by atoms with Crippen molar-refractivity contribution in [1.29, 1.82) is 0 Å². The van der Waals surface area contributed by atoms with Crippen molar-refractivity contribution in [3.63, 3.8) is 0 Å².